The number of hydrogen-bond donors (Lipinski definition) is 0. The maximum atomic E-state index is 3.65. The van der Waals surface area contributed by atoms with Crippen molar-refractivity contribution in [2.75, 3.05) is 5.33 Å². The van der Waals surface area contributed by atoms with Gasteiger partial charge in [0, 0.05) is 9.80 Å². The third kappa shape index (κ3) is 4.52. The largest absolute Gasteiger partial charge is 0.152 e. The van der Waals surface area contributed by atoms with Crippen LogP contribution >= 0.6 is 43.2 Å². The average molecular weight is 388 g/mol. The van der Waals surface area contributed by atoms with Gasteiger partial charge in [-0.25, -0.2) is 0 Å². The highest BCUT2D eigenvalue weighted by atomic mass is 79.9. The molecule has 2 aromatic rings. The van der Waals surface area contributed by atoms with Crippen LogP contribution in [0.2, 0.25) is 0 Å². The molecule has 0 saturated carbocycles. The molecule has 0 bridgehead atoms. The van der Waals surface area contributed by atoms with E-state index in [2.05, 4.69) is 73.0 Å². The van der Waals surface area contributed by atoms with Gasteiger partial charge in [0.15, 0.2) is 0 Å². The normalized spacial score (nSPS) is 12.6. The van der Waals surface area contributed by atoms with Gasteiger partial charge in [0.25, 0.3) is 0 Å². The number of hydrogen-bond acceptors (Lipinski definition) is 1. The minimum Gasteiger partial charge on any atom is -0.152 e. The van der Waals surface area contributed by atoms with Crippen molar-refractivity contribution in [2.45, 2.75) is 19.3 Å². The highest BCUT2D eigenvalue weighted by molar-refractivity contribution is 9.10. The predicted octanol–water partition coefficient (Wildman–Crippen LogP) is 5.70. The van der Waals surface area contributed by atoms with Crippen LogP contribution < -0.4 is 0 Å². The summed E-state index contributed by atoms with van der Waals surface area (Å²) in [7, 11) is 0. The molecule has 0 aliphatic carbocycles. The summed E-state index contributed by atoms with van der Waals surface area (Å²) < 4.78 is 1.15. The lowest BCUT2D eigenvalue weighted by Gasteiger charge is -2.13. The van der Waals surface area contributed by atoms with Crippen LogP contribution in [0.3, 0.4) is 0 Å². The van der Waals surface area contributed by atoms with E-state index in [1.54, 1.807) is 11.3 Å². The van der Waals surface area contributed by atoms with Gasteiger partial charge in [-0.3, -0.25) is 0 Å². The third-order valence-corrected chi connectivity index (χ3v) is 5.25. The minimum absolute atomic E-state index is 0.714. The monoisotopic (exact) mass is 386 g/mol. The zero-order valence-corrected chi connectivity index (χ0v) is 14.1. The Labute approximate surface area is 130 Å². The fraction of sp³-hybridized carbons (Fsp3) is 0.333. The zero-order chi connectivity index (χ0) is 12.8. The Morgan fingerprint density at radius 2 is 1.83 bits per heavy atom. The van der Waals surface area contributed by atoms with Crippen molar-refractivity contribution in [1.29, 1.82) is 0 Å². The molecule has 0 aliphatic heterocycles. The van der Waals surface area contributed by atoms with Crippen molar-refractivity contribution < 1.29 is 0 Å². The summed E-state index contributed by atoms with van der Waals surface area (Å²) >= 11 is 8.91. The summed E-state index contributed by atoms with van der Waals surface area (Å²) in [5.74, 6) is 0.714. The van der Waals surface area contributed by atoms with Gasteiger partial charge in [-0.05, 0) is 65.3 Å². The topological polar surface area (TPSA) is 0 Å². The molecule has 1 atom stereocenters. The van der Waals surface area contributed by atoms with E-state index in [1.165, 1.54) is 24.0 Å². The number of halogens is 2. The van der Waals surface area contributed by atoms with E-state index in [-0.39, 0.29) is 0 Å². The maximum Gasteiger partial charge on any atom is 0.0175 e. The van der Waals surface area contributed by atoms with E-state index < -0.39 is 0 Å². The summed E-state index contributed by atoms with van der Waals surface area (Å²) in [6.45, 7) is 0. The number of benzene rings is 1. The van der Waals surface area contributed by atoms with Crippen LogP contribution in [0.1, 0.15) is 17.5 Å². The van der Waals surface area contributed by atoms with Crippen LogP contribution in [0.15, 0.2) is 45.6 Å². The van der Waals surface area contributed by atoms with Crippen LogP contribution in [-0.2, 0) is 12.8 Å². The maximum absolute atomic E-state index is 3.65. The average Bonchev–Trinajstić information content (AvgIpc) is 2.90. The van der Waals surface area contributed by atoms with Crippen LogP contribution in [0.4, 0.5) is 0 Å². The second-order valence-corrected chi connectivity index (χ2v) is 6.86. The first-order valence-corrected chi connectivity index (χ1v) is 8.95. The van der Waals surface area contributed by atoms with Gasteiger partial charge in [-0.1, -0.05) is 44.0 Å². The molecule has 1 aromatic carbocycles. The summed E-state index contributed by atoms with van der Waals surface area (Å²) in [5, 5.41) is 5.49. The summed E-state index contributed by atoms with van der Waals surface area (Å²) in [5.41, 5.74) is 2.90. The molecule has 1 unspecified atom stereocenters. The van der Waals surface area contributed by atoms with Gasteiger partial charge < -0.3 is 0 Å². The van der Waals surface area contributed by atoms with Crippen molar-refractivity contribution in [3.8, 4) is 0 Å². The smallest absolute Gasteiger partial charge is 0.0175 e. The number of alkyl halides is 1. The van der Waals surface area contributed by atoms with Gasteiger partial charge >= 0.3 is 0 Å². The van der Waals surface area contributed by atoms with Gasteiger partial charge in [0.2, 0.25) is 0 Å². The highest BCUT2D eigenvalue weighted by Gasteiger charge is 2.09. The fourth-order valence-corrected chi connectivity index (χ4v) is 3.51. The van der Waals surface area contributed by atoms with Gasteiger partial charge in [0.1, 0.15) is 0 Å². The van der Waals surface area contributed by atoms with Gasteiger partial charge in [-0.2, -0.15) is 11.3 Å². The Kier molecular flexibility index (Phi) is 5.93. The van der Waals surface area contributed by atoms with E-state index in [0.717, 1.165) is 16.2 Å². The molecule has 2 rings (SSSR count). The van der Waals surface area contributed by atoms with Gasteiger partial charge in [-0.15, -0.1) is 0 Å². The second kappa shape index (κ2) is 7.46. The molecule has 1 heterocycles. The van der Waals surface area contributed by atoms with E-state index in [0.29, 0.717) is 5.92 Å². The number of aryl methyl sites for hydroxylation is 1. The lowest BCUT2D eigenvalue weighted by Crippen LogP contribution is -2.07. The molecule has 3 heteroatoms. The van der Waals surface area contributed by atoms with Crippen molar-refractivity contribution >= 4 is 43.2 Å². The molecular formula is C15H16Br2S. The molecule has 0 amide bonds. The first kappa shape index (κ1) is 14.3. The Morgan fingerprint density at radius 1 is 1.06 bits per heavy atom. The Hall–Kier alpha value is -0.120. The molecule has 0 N–H and O–H groups in total. The molecular weight excluding hydrogens is 372 g/mol. The Balaban J connectivity index is 1.87. The first-order valence-electron chi connectivity index (χ1n) is 6.09. The van der Waals surface area contributed by atoms with Gasteiger partial charge in [0.05, 0.1) is 0 Å². The molecule has 96 valence electrons. The standard InChI is InChI=1S/C15H16Br2S/c16-10-14(2-1-13-7-8-18-11-13)9-12-3-5-15(17)6-4-12/h3-8,11,14H,1-2,9-10H2. The van der Waals surface area contributed by atoms with Crippen LogP contribution in [0.25, 0.3) is 0 Å². The fourth-order valence-electron chi connectivity index (χ4n) is 1.99. The minimum atomic E-state index is 0.714. The lowest BCUT2D eigenvalue weighted by atomic mass is 9.95. The van der Waals surface area contributed by atoms with E-state index in [1.807, 2.05) is 0 Å². The number of thiophene rings is 1. The predicted molar refractivity (Wildman–Crippen MR) is 87.8 cm³/mol. The van der Waals surface area contributed by atoms with E-state index in [4.69, 9.17) is 0 Å². The lowest BCUT2D eigenvalue weighted by molar-refractivity contribution is 0.543. The third-order valence-electron chi connectivity index (χ3n) is 3.08. The molecule has 0 saturated heterocycles. The van der Waals surface area contributed by atoms with E-state index >= 15 is 0 Å². The molecule has 0 spiro atoms. The zero-order valence-electron chi connectivity index (χ0n) is 10.1. The number of rotatable bonds is 6. The second-order valence-electron chi connectivity index (χ2n) is 4.52. The quantitative estimate of drug-likeness (QED) is 0.558. The van der Waals surface area contributed by atoms with Crippen molar-refractivity contribution in [1.82, 2.24) is 0 Å². The van der Waals surface area contributed by atoms with E-state index in [9.17, 15) is 0 Å². The highest BCUT2D eigenvalue weighted by Crippen LogP contribution is 2.20. The van der Waals surface area contributed by atoms with Crippen LogP contribution in [0.5, 0.6) is 0 Å². The molecule has 1 aromatic heterocycles. The molecule has 0 nitrogen and oxygen atoms in total. The molecule has 0 radical (unpaired) electrons. The van der Waals surface area contributed by atoms with Crippen molar-refractivity contribution in [2.24, 2.45) is 5.92 Å². The first-order chi connectivity index (χ1) is 8.78. The Bertz CT molecular complexity index is 448. The summed E-state index contributed by atoms with van der Waals surface area (Å²) in [6, 6.07) is 10.9. The van der Waals surface area contributed by atoms with Crippen LogP contribution in [-0.4, -0.2) is 5.33 Å². The SMILES string of the molecule is BrCC(CCc1ccsc1)Cc1ccc(Br)cc1. The molecule has 0 fully saturated rings. The van der Waals surface area contributed by atoms with Crippen LogP contribution in [0, 0.1) is 5.92 Å². The van der Waals surface area contributed by atoms with Crippen molar-refractivity contribution in [3.63, 3.8) is 0 Å². The summed E-state index contributed by atoms with van der Waals surface area (Å²) in [6.07, 6.45) is 3.59. The molecule has 0 aliphatic rings. The Morgan fingerprint density at radius 3 is 2.44 bits per heavy atom. The molecule has 18 heavy (non-hydrogen) atoms. The van der Waals surface area contributed by atoms with Crippen molar-refractivity contribution in [3.05, 3.63) is 56.7 Å². The summed E-state index contributed by atoms with van der Waals surface area (Å²) in [4.78, 5) is 0.